The fraction of sp³-hybridized carbons (Fsp3) is 0.333. The zero-order valence-electron chi connectivity index (χ0n) is 22.9. The van der Waals surface area contributed by atoms with E-state index in [2.05, 4.69) is 0 Å². The number of amides is 1. The van der Waals surface area contributed by atoms with Gasteiger partial charge in [-0.15, -0.1) is 0 Å². The Balaban J connectivity index is 1.74. The van der Waals surface area contributed by atoms with Crippen molar-refractivity contribution in [3.05, 3.63) is 81.6 Å². The van der Waals surface area contributed by atoms with Crippen LogP contribution in [0.3, 0.4) is 0 Å². The van der Waals surface area contributed by atoms with Crippen molar-refractivity contribution in [3.63, 3.8) is 0 Å². The summed E-state index contributed by atoms with van der Waals surface area (Å²) >= 11 is 0. The SMILES string of the molecule is COC(=O)c1ccc(CC2c3cccc(O)c3C(O)=C3C(=O)C4(O)C(O)=C(C(N)=O)C(=O)C(N(C)C)C4C(O)C32)cc1. The van der Waals surface area contributed by atoms with Crippen molar-refractivity contribution in [2.45, 2.75) is 30.1 Å². The van der Waals surface area contributed by atoms with E-state index in [4.69, 9.17) is 10.5 Å². The lowest BCUT2D eigenvalue weighted by molar-refractivity contribution is -0.169. The average molecular weight is 579 g/mol. The number of phenols is 1. The fourth-order valence-corrected chi connectivity index (χ4v) is 6.78. The summed E-state index contributed by atoms with van der Waals surface area (Å²) in [5, 5.41) is 57.0. The third kappa shape index (κ3) is 3.94. The van der Waals surface area contributed by atoms with E-state index in [1.165, 1.54) is 38.2 Å². The van der Waals surface area contributed by atoms with Crippen molar-refractivity contribution >= 4 is 29.2 Å². The van der Waals surface area contributed by atoms with Gasteiger partial charge < -0.3 is 36.0 Å². The molecule has 1 amide bonds. The fourth-order valence-electron chi connectivity index (χ4n) is 6.78. The largest absolute Gasteiger partial charge is 0.508 e. The molecule has 0 bridgehead atoms. The maximum Gasteiger partial charge on any atom is 0.337 e. The Bertz CT molecular complexity index is 1590. The molecule has 220 valence electrons. The van der Waals surface area contributed by atoms with Crippen LogP contribution < -0.4 is 5.73 Å². The number of fused-ring (bicyclic) bond motifs is 3. The monoisotopic (exact) mass is 578 g/mol. The second-order valence-electron chi connectivity index (χ2n) is 11.0. The summed E-state index contributed by atoms with van der Waals surface area (Å²) in [6.45, 7) is 0. The first-order chi connectivity index (χ1) is 19.8. The number of carbonyl (C=O) groups excluding carboxylic acids is 4. The molecule has 1 saturated carbocycles. The predicted octanol–water partition coefficient (Wildman–Crippen LogP) is 0.505. The first kappa shape index (κ1) is 29.0. The Morgan fingerprint density at radius 1 is 1.05 bits per heavy atom. The molecule has 6 atom stereocenters. The molecule has 12 nitrogen and oxygen atoms in total. The van der Waals surface area contributed by atoms with Gasteiger partial charge >= 0.3 is 5.97 Å². The van der Waals surface area contributed by atoms with Gasteiger partial charge in [0.1, 0.15) is 22.8 Å². The van der Waals surface area contributed by atoms with Crippen LogP contribution in [0.1, 0.15) is 33.0 Å². The topological polar surface area (TPSA) is 208 Å². The Kier molecular flexibility index (Phi) is 6.96. The molecule has 2 aromatic carbocycles. The van der Waals surface area contributed by atoms with Crippen molar-refractivity contribution in [1.29, 1.82) is 0 Å². The van der Waals surface area contributed by atoms with Crippen molar-refractivity contribution in [2.24, 2.45) is 17.6 Å². The van der Waals surface area contributed by atoms with E-state index < -0.39 is 81.6 Å². The summed E-state index contributed by atoms with van der Waals surface area (Å²) in [5.74, 6) is -10.2. The number of aromatic hydroxyl groups is 1. The molecular formula is C30H30N2O10. The number of esters is 1. The minimum absolute atomic E-state index is 0.0998. The number of benzene rings is 2. The number of methoxy groups -OCH3 is 1. The first-order valence-electron chi connectivity index (χ1n) is 13.1. The van der Waals surface area contributed by atoms with E-state index in [1.807, 2.05) is 0 Å². The molecule has 5 rings (SSSR count). The van der Waals surface area contributed by atoms with Crippen molar-refractivity contribution in [3.8, 4) is 5.75 Å². The number of rotatable bonds is 5. The predicted molar refractivity (Wildman–Crippen MR) is 146 cm³/mol. The number of primary amides is 1. The molecule has 0 aromatic heterocycles. The third-order valence-electron chi connectivity index (χ3n) is 8.63. The molecule has 3 aliphatic carbocycles. The number of nitrogens with zero attached hydrogens (tertiary/aromatic N) is 1. The molecule has 7 N–H and O–H groups in total. The first-order valence-corrected chi connectivity index (χ1v) is 13.1. The van der Waals surface area contributed by atoms with Gasteiger partial charge in [-0.2, -0.15) is 0 Å². The normalized spacial score (nSPS) is 28.8. The summed E-state index contributed by atoms with van der Waals surface area (Å²) in [5.41, 5.74) is 2.14. The van der Waals surface area contributed by atoms with E-state index in [0.717, 1.165) is 0 Å². The second-order valence-corrected chi connectivity index (χ2v) is 11.0. The molecule has 1 fully saturated rings. The van der Waals surface area contributed by atoms with Crippen LogP contribution in [0, 0.1) is 11.8 Å². The molecule has 42 heavy (non-hydrogen) atoms. The van der Waals surface area contributed by atoms with Gasteiger partial charge in [0.05, 0.1) is 36.3 Å². The molecule has 0 saturated heterocycles. The Morgan fingerprint density at radius 2 is 1.69 bits per heavy atom. The molecule has 6 unspecified atom stereocenters. The number of ketones is 2. The number of aliphatic hydroxyl groups excluding tert-OH is 3. The average Bonchev–Trinajstić information content (AvgIpc) is 2.94. The molecule has 2 aromatic rings. The summed E-state index contributed by atoms with van der Waals surface area (Å²) in [4.78, 5) is 53.0. The van der Waals surface area contributed by atoms with Gasteiger partial charge in [0, 0.05) is 11.5 Å². The van der Waals surface area contributed by atoms with E-state index in [-0.39, 0.29) is 17.7 Å². The number of aliphatic hydroxyl groups is 4. The number of nitrogens with two attached hydrogens (primary N) is 1. The van der Waals surface area contributed by atoms with Crippen LogP contribution in [0.25, 0.3) is 5.76 Å². The number of carbonyl (C=O) groups is 4. The minimum Gasteiger partial charge on any atom is -0.508 e. The number of phenolic OH excluding ortho intramolecular Hbond substituents is 1. The molecule has 0 heterocycles. The third-order valence-corrected chi connectivity index (χ3v) is 8.63. The van der Waals surface area contributed by atoms with Crippen LogP contribution in [-0.2, 0) is 25.5 Å². The number of likely N-dealkylation sites (N-methyl/N-ethyl adjacent to an activating group) is 1. The Morgan fingerprint density at radius 3 is 2.26 bits per heavy atom. The molecule has 0 radical (unpaired) electrons. The van der Waals surface area contributed by atoms with Crippen LogP contribution in [0.15, 0.2) is 59.4 Å². The Hall–Kier alpha value is -4.52. The molecular weight excluding hydrogens is 548 g/mol. The van der Waals surface area contributed by atoms with E-state index in [0.29, 0.717) is 16.7 Å². The highest BCUT2D eigenvalue weighted by Crippen LogP contribution is 2.56. The van der Waals surface area contributed by atoms with Crippen molar-refractivity contribution in [2.75, 3.05) is 21.2 Å². The maximum atomic E-state index is 14.2. The molecule has 3 aliphatic rings. The van der Waals surface area contributed by atoms with Gasteiger partial charge in [-0.1, -0.05) is 24.3 Å². The summed E-state index contributed by atoms with van der Waals surface area (Å²) < 4.78 is 4.74. The van der Waals surface area contributed by atoms with Gasteiger partial charge in [-0.3, -0.25) is 19.3 Å². The number of ether oxygens (including phenoxy) is 1. The Labute approximate surface area is 239 Å². The summed E-state index contributed by atoms with van der Waals surface area (Å²) in [7, 11) is 4.14. The van der Waals surface area contributed by atoms with Crippen LogP contribution in [0.5, 0.6) is 5.75 Å². The van der Waals surface area contributed by atoms with Crippen molar-refractivity contribution < 1.29 is 49.4 Å². The van der Waals surface area contributed by atoms with Gasteiger partial charge in [-0.05, 0) is 55.8 Å². The van der Waals surface area contributed by atoms with E-state index in [1.54, 1.807) is 30.3 Å². The van der Waals surface area contributed by atoms with Crippen LogP contribution >= 0.6 is 0 Å². The van der Waals surface area contributed by atoms with Crippen LogP contribution in [-0.4, -0.2) is 92.8 Å². The smallest absolute Gasteiger partial charge is 0.337 e. The number of Topliss-reactive ketones (excluding diaryl/α,β-unsaturated/α-hetero) is 2. The lowest BCUT2D eigenvalue weighted by Gasteiger charge is -2.54. The number of hydrogen-bond donors (Lipinski definition) is 6. The molecule has 0 spiro atoms. The lowest BCUT2D eigenvalue weighted by Crippen LogP contribution is -2.70. The molecule has 12 heteroatoms. The quantitative estimate of drug-likeness (QED) is 0.213. The van der Waals surface area contributed by atoms with Gasteiger partial charge in [0.25, 0.3) is 5.91 Å². The van der Waals surface area contributed by atoms with Crippen molar-refractivity contribution in [1.82, 2.24) is 4.90 Å². The highest BCUT2D eigenvalue weighted by atomic mass is 16.5. The second kappa shape index (κ2) is 10.1. The zero-order chi connectivity index (χ0) is 30.8. The van der Waals surface area contributed by atoms with E-state index in [9.17, 15) is 44.7 Å². The van der Waals surface area contributed by atoms with Gasteiger partial charge in [0.15, 0.2) is 11.4 Å². The van der Waals surface area contributed by atoms with Gasteiger partial charge in [0.2, 0.25) is 5.78 Å². The highest BCUT2D eigenvalue weighted by molar-refractivity contribution is 6.24. The minimum atomic E-state index is -3.00. The lowest BCUT2D eigenvalue weighted by atomic mass is 9.53. The van der Waals surface area contributed by atoms with Crippen LogP contribution in [0.4, 0.5) is 0 Å². The summed E-state index contributed by atoms with van der Waals surface area (Å²) in [6.07, 6.45) is -1.60. The molecule has 0 aliphatic heterocycles. The highest BCUT2D eigenvalue weighted by Gasteiger charge is 2.68. The van der Waals surface area contributed by atoms with Crippen LogP contribution in [0.2, 0.25) is 0 Å². The summed E-state index contributed by atoms with van der Waals surface area (Å²) in [6, 6.07) is 9.38. The van der Waals surface area contributed by atoms with Gasteiger partial charge in [-0.25, -0.2) is 4.79 Å². The zero-order valence-corrected chi connectivity index (χ0v) is 22.9. The number of hydrogen-bond acceptors (Lipinski definition) is 11. The maximum absolute atomic E-state index is 14.2. The standard InChI is InChI=1S/C30H30N2O10/c1-32(2)22-21-24(35)18-15(11-12-7-9-13(10-8-12)29(40)42-3)14-5-4-6-16(33)17(14)23(34)19(18)26(37)30(21,41)27(38)20(25(22)36)28(31)39/h4-10,15,18,21-22,24,33-35,38,41H,11H2,1-3H3,(H2,31,39). The van der Waals surface area contributed by atoms with E-state index >= 15 is 0 Å².